The van der Waals surface area contributed by atoms with Gasteiger partial charge in [0.2, 0.25) is 0 Å². The molecular formula is C7H14N2O2. The van der Waals surface area contributed by atoms with Gasteiger partial charge in [-0.2, -0.15) is 0 Å². The van der Waals surface area contributed by atoms with Crippen LogP contribution >= 0.6 is 0 Å². The van der Waals surface area contributed by atoms with Gasteiger partial charge in [0, 0.05) is 0 Å². The highest BCUT2D eigenvalue weighted by Crippen LogP contribution is 2.12. The first-order valence-corrected chi connectivity index (χ1v) is 3.79. The molecule has 0 spiro atoms. The molecule has 1 rings (SSSR count). The van der Waals surface area contributed by atoms with E-state index < -0.39 is 0 Å². The fourth-order valence-electron chi connectivity index (χ4n) is 1.09. The molecule has 0 atom stereocenters. The summed E-state index contributed by atoms with van der Waals surface area (Å²) in [5.41, 5.74) is 5.02. The predicted octanol–water partition coefficient (Wildman–Crippen LogP) is 0.174. The van der Waals surface area contributed by atoms with Crippen LogP contribution in [0.15, 0.2) is 0 Å². The molecule has 0 bridgehead atoms. The third kappa shape index (κ3) is 2.08. The predicted molar refractivity (Wildman–Crippen MR) is 41.2 cm³/mol. The van der Waals surface area contributed by atoms with E-state index in [-0.39, 0.29) is 18.2 Å². The zero-order valence-electron chi connectivity index (χ0n) is 6.91. The first-order chi connectivity index (χ1) is 5.09. The SMILES string of the molecule is CC(C)OC1CN(C(N)=O)C1. The number of urea groups is 1. The molecule has 0 aromatic rings. The molecule has 0 aliphatic carbocycles. The molecule has 11 heavy (non-hydrogen) atoms. The van der Waals surface area contributed by atoms with Crippen LogP contribution in [0, 0.1) is 0 Å². The number of nitrogens with two attached hydrogens (primary N) is 1. The zero-order valence-corrected chi connectivity index (χ0v) is 6.91. The number of carbonyl (C=O) groups excluding carboxylic acids is 1. The van der Waals surface area contributed by atoms with E-state index in [4.69, 9.17) is 10.5 Å². The Morgan fingerprint density at radius 2 is 2.18 bits per heavy atom. The smallest absolute Gasteiger partial charge is 0.314 e. The fraction of sp³-hybridized carbons (Fsp3) is 0.857. The van der Waals surface area contributed by atoms with Crippen molar-refractivity contribution in [2.24, 2.45) is 5.73 Å². The number of nitrogens with zero attached hydrogens (tertiary/aromatic N) is 1. The van der Waals surface area contributed by atoms with Gasteiger partial charge < -0.3 is 15.4 Å². The van der Waals surface area contributed by atoms with Crippen LogP contribution in [0.3, 0.4) is 0 Å². The van der Waals surface area contributed by atoms with Gasteiger partial charge in [0.05, 0.1) is 25.3 Å². The molecule has 0 aromatic heterocycles. The van der Waals surface area contributed by atoms with E-state index in [0.29, 0.717) is 13.1 Å². The van der Waals surface area contributed by atoms with Crippen LogP contribution in [-0.4, -0.2) is 36.2 Å². The van der Waals surface area contributed by atoms with Gasteiger partial charge in [0.25, 0.3) is 0 Å². The summed E-state index contributed by atoms with van der Waals surface area (Å²) in [4.78, 5) is 12.1. The Hall–Kier alpha value is -0.770. The summed E-state index contributed by atoms with van der Waals surface area (Å²) in [7, 11) is 0. The van der Waals surface area contributed by atoms with E-state index >= 15 is 0 Å². The van der Waals surface area contributed by atoms with Crippen LogP contribution in [0.4, 0.5) is 4.79 Å². The van der Waals surface area contributed by atoms with Crippen molar-refractivity contribution in [3.8, 4) is 0 Å². The number of hydrogen-bond donors (Lipinski definition) is 1. The van der Waals surface area contributed by atoms with Gasteiger partial charge >= 0.3 is 6.03 Å². The lowest BCUT2D eigenvalue weighted by Crippen LogP contribution is -2.57. The number of carbonyl (C=O) groups is 1. The number of ether oxygens (including phenoxy) is 1. The van der Waals surface area contributed by atoms with Crippen molar-refractivity contribution in [3.05, 3.63) is 0 Å². The Bertz CT molecular complexity index is 153. The molecular weight excluding hydrogens is 144 g/mol. The molecule has 4 nitrogen and oxygen atoms in total. The first kappa shape index (κ1) is 8.33. The monoisotopic (exact) mass is 158 g/mol. The first-order valence-electron chi connectivity index (χ1n) is 3.79. The highest BCUT2D eigenvalue weighted by Gasteiger charge is 2.30. The van der Waals surface area contributed by atoms with E-state index in [1.807, 2.05) is 13.8 Å². The van der Waals surface area contributed by atoms with Crippen molar-refractivity contribution >= 4 is 6.03 Å². The molecule has 4 heteroatoms. The summed E-state index contributed by atoms with van der Waals surface area (Å²) in [6.45, 7) is 5.25. The van der Waals surface area contributed by atoms with Gasteiger partial charge in [-0.3, -0.25) is 0 Å². The van der Waals surface area contributed by atoms with Gasteiger partial charge in [0.1, 0.15) is 0 Å². The van der Waals surface area contributed by atoms with E-state index in [2.05, 4.69) is 0 Å². The largest absolute Gasteiger partial charge is 0.372 e. The average Bonchev–Trinajstić information content (AvgIpc) is 1.75. The second kappa shape index (κ2) is 3.09. The van der Waals surface area contributed by atoms with Crippen molar-refractivity contribution in [2.45, 2.75) is 26.1 Å². The molecule has 0 saturated carbocycles. The van der Waals surface area contributed by atoms with Crippen LogP contribution in [0.25, 0.3) is 0 Å². The molecule has 0 radical (unpaired) electrons. The molecule has 1 heterocycles. The van der Waals surface area contributed by atoms with E-state index in [1.54, 1.807) is 4.90 Å². The Kier molecular flexibility index (Phi) is 2.34. The third-order valence-electron chi connectivity index (χ3n) is 1.62. The third-order valence-corrected chi connectivity index (χ3v) is 1.62. The lowest BCUT2D eigenvalue weighted by atomic mass is 10.2. The topological polar surface area (TPSA) is 55.6 Å². The minimum atomic E-state index is -0.353. The molecule has 1 fully saturated rings. The minimum Gasteiger partial charge on any atom is -0.372 e. The zero-order chi connectivity index (χ0) is 8.43. The van der Waals surface area contributed by atoms with E-state index in [0.717, 1.165) is 0 Å². The molecule has 1 aliphatic heterocycles. The standard InChI is InChI=1S/C7H14N2O2/c1-5(2)11-6-3-9(4-6)7(8)10/h5-6H,3-4H2,1-2H3,(H2,8,10). The maximum atomic E-state index is 10.5. The number of rotatable bonds is 2. The van der Waals surface area contributed by atoms with Gasteiger partial charge in [-0.1, -0.05) is 0 Å². The van der Waals surface area contributed by atoms with Gasteiger partial charge in [-0.25, -0.2) is 4.79 Å². The lowest BCUT2D eigenvalue weighted by molar-refractivity contribution is -0.0630. The van der Waals surface area contributed by atoms with Gasteiger partial charge in [-0.05, 0) is 13.8 Å². The second-order valence-corrected chi connectivity index (χ2v) is 3.05. The van der Waals surface area contributed by atoms with Crippen molar-refractivity contribution in [3.63, 3.8) is 0 Å². The molecule has 2 amide bonds. The van der Waals surface area contributed by atoms with Crippen LogP contribution in [-0.2, 0) is 4.74 Å². The molecule has 1 saturated heterocycles. The van der Waals surface area contributed by atoms with Crippen molar-refractivity contribution < 1.29 is 9.53 Å². The van der Waals surface area contributed by atoms with Crippen molar-refractivity contribution in [2.75, 3.05) is 13.1 Å². The van der Waals surface area contributed by atoms with Crippen LogP contribution < -0.4 is 5.73 Å². The summed E-state index contributed by atoms with van der Waals surface area (Å²) in [5.74, 6) is 0. The molecule has 2 N–H and O–H groups in total. The number of amides is 2. The summed E-state index contributed by atoms with van der Waals surface area (Å²) in [6.07, 6.45) is 0.428. The Morgan fingerprint density at radius 3 is 2.55 bits per heavy atom. The molecule has 64 valence electrons. The van der Waals surface area contributed by atoms with Crippen LogP contribution in [0.2, 0.25) is 0 Å². The molecule has 0 unspecified atom stereocenters. The molecule has 1 aliphatic rings. The maximum absolute atomic E-state index is 10.5. The Morgan fingerprint density at radius 1 is 1.64 bits per heavy atom. The highest BCUT2D eigenvalue weighted by atomic mass is 16.5. The van der Waals surface area contributed by atoms with Crippen molar-refractivity contribution in [1.29, 1.82) is 0 Å². The van der Waals surface area contributed by atoms with Crippen molar-refractivity contribution in [1.82, 2.24) is 4.90 Å². The quantitative estimate of drug-likeness (QED) is 0.623. The van der Waals surface area contributed by atoms with Crippen LogP contribution in [0.5, 0.6) is 0 Å². The molecule has 0 aromatic carbocycles. The van der Waals surface area contributed by atoms with E-state index in [9.17, 15) is 4.79 Å². The number of hydrogen-bond acceptors (Lipinski definition) is 2. The number of primary amides is 1. The van der Waals surface area contributed by atoms with Gasteiger partial charge in [0.15, 0.2) is 0 Å². The average molecular weight is 158 g/mol. The summed E-state index contributed by atoms with van der Waals surface area (Å²) < 4.78 is 5.42. The van der Waals surface area contributed by atoms with E-state index in [1.165, 1.54) is 0 Å². The number of likely N-dealkylation sites (tertiary alicyclic amines) is 1. The maximum Gasteiger partial charge on any atom is 0.314 e. The van der Waals surface area contributed by atoms with Gasteiger partial charge in [-0.15, -0.1) is 0 Å². The Balaban J connectivity index is 2.14. The second-order valence-electron chi connectivity index (χ2n) is 3.05. The minimum absolute atomic E-state index is 0.197. The summed E-state index contributed by atoms with van der Waals surface area (Å²) in [6, 6.07) is -0.353. The Labute approximate surface area is 66.3 Å². The highest BCUT2D eigenvalue weighted by molar-refractivity contribution is 5.73. The summed E-state index contributed by atoms with van der Waals surface area (Å²) in [5, 5.41) is 0. The van der Waals surface area contributed by atoms with Crippen LogP contribution in [0.1, 0.15) is 13.8 Å². The summed E-state index contributed by atoms with van der Waals surface area (Å²) >= 11 is 0. The fourth-order valence-corrected chi connectivity index (χ4v) is 1.09. The lowest BCUT2D eigenvalue weighted by Gasteiger charge is -2.38. The normalized spacial score (nSPS) is 18.6.